The minimum absolute atomic E-state index is 0.212. The number of urea groups is 1. The molecular formula is C28H35ClN4O3S. The van der Waals surface area contributed by atoms with E-state index in [9.17, 15) is 13.2 Å². The first-order chi connectivity index (χ1) is 17.6. The zero-order valence-corrected chi connectivity index (χ0v) is 23.4. The lowest BCUT2D eigenvalue weighted by Gasteiger charge is -2.35. The van der Waals surface area contributed by atoms with Crippen LogP contribution in [0, 0.1) is 5.92 Å². The van der Waals surface area contributed by atoms with Crippen molar-refractivity contribution in [1.82, 2.24) is 9.62 Å². The third-order valence-electron chi connectivity index (χ3n) is 7.05. The number of carbonyl (C=O) groups excluding carboxylic acids is 1. The fourth-order valence-electron chi connectivity index (χ4n) is 4.48. The largest absolute Gasteiger partial charge is 0.369 e. The molecule has 2 heterocycles. The SMILES string of the molecule is CC(=CC=C(C)C(C)C)NC(=O)N1CCc2cc(S(=O)(=O)N3CCN(c4cccc(Cl)c4)CC3)ccc21. The van der Waals surface area contributed by atoms with Crippen molar-refractivity contribution in [3.63, 3.8) is 0 Å². The van der Waals surface area contributed by atoms with Gasteiger partial charge in [0.2, 0.25) is 10.0 Å². The smallest absolute Gasteiger partial charge is 0.326 e. The Morgan fingerprint density at radius 1 is 1.00 bits per heavy atom. The van der Waals surface area contributed by atoms with E-state index in [0.29, 0.717) is 50.1 Å². The van der Waals surface area contributed by atoms with Gasteiger partial charge in [-0.3, -0.25) is 4.90 Å². The number of rotatable bonds is 6. The highest BCUT2D eigenvalue weighted by Crippen LogP contribution is 2.32. The minimum atomic E-state index is -3.63. The van der Waals surface area contributed by atoms with E-state index in [4.69, 9.17) is 11.6 Å². The fraction of sp³-hybridized carbons (Fsp3) is 0.393. The van der Waals surface area contributed by atoms with Crippen LogP contribution in [-0.4, -0.2) is 51.5 Å². The number of sulfonamides is 1. The summed E-state index contributed by atoms with van der Waals surface area (Å²) in [6.07, 6.45) is 4.54. The van der Waals surface area contributed by atoms with Gasteiger partial charge in [0, 0.05) is 54.8 Å². The molecule has 0 bridgehead atoms. The quantitative estimate of drug-likeness (QED) is 0.494. The van der Waals surface area contributed by atoms with Gasteiger partial charge in [0.05, 0.1) is 4.90 Å². The molecule has 2 aliphatic rings. The highest BCUT2D eigenvalue weighted by Gasteiger charge is 2.31. The van der Waals surface area contributed by atoms with Crippen molar-refractivity contribution in [2.24, 2.45) is 5.92 Å². The molecule has 2 aromatic carbocycles. The zero-order chi connectivity index (χ0) is 26.7. The Morgan fingerprint density at radius 3 is 2.41 bits per heavy atom. The summed E-state index contributed by atoms with van der Waals surface area (Å²) < 4.78 is 28.3. The summed E-state index contributed by atoms with van der Waals surface area (Å²) in [4.78, 5) is 17.0. The summed E-state index contributed by atoms with van der Waals surface area (Å²) in [6, 6.07) is 12.5. The van der Waals surface area contributed by atoms with Gasteiger partial charge in [-0.1, -0.05) is 43.2 Å². The number of amides is 2. The van der Waals surface area contributed by atoms with E-state index in [1.807, 2.05) is 43.3 Å². The molecule has 0 atom stereocenters. The fourth-order valence-corrected chi connectivity index (χ4v) is 6.14. The van der Waals surface area contributed by atoms with Crippen LogP contribution in [0.15, 0.2) is 70.8 Å². The van der Waals surface area contributed by atoms with Crippen LogP contribution in [-0.2, 0) is 16.4 Å². The molecule has 0 unspecified atom stereocenters. The lowest BCUT2D eigenvalue weighted by atomic mass is 10.1. The Bertz CT molecular complexity index is 1330. The van der Waals surface area contributed by atoms with Gasteiger partial charge in [0.25, 0.3) is 0 Å². The number of hydrogen-bond acceptors (Lipinski definition) is 4. The molecule has 1 saturated heterocycles. The van der Waals surface area contributed by atoms with E-state index in [1.165, 1.54) is 9.88 Å². The molecule has 37 heavy (non-hydrogen) atoms. The molecule has 2 aromatic rings. The van der Waals surface area contributed by atoms with Crippen LogP contribution in [0.5, 0.6) is 0 Å². The second-order valence-electron chi connectivity index (χ2n) is 9.91. The molecule has 0 aromatic heterocycles. The monoisotopic (exact) mass is 542 g/mol. The topological polar surface area (TPSA) is 73.0 Å². The van der Waals surface area contributed by atoms with Crippen LogP contribution in [0.3, 0.4) is 0 Å². The second-order valence-corrected chi connectivity index (χ2v) is 12.3. The maximum atomic E-state index is 13.4. The molecule has 0 spiro atoms. The first-order valence-corrected chi connectivity index (χ1v) is 14.5. The molecule has 4 rings (SSSR count). The van der Waals surface area contributed by atoms with Gasteiger partial charge in [0.15, 0.2) is 0 Å². The van der Waals surface area contributed by atoms with Crippen molar-refractivity contribution >= 4 is 39.0 Å². The first kappa shape index (κ1) is 27.2. The molecule has 198 valence electrons. The molecule has 0 aliphatic carbocycles. The van der Waals surface area contributed by atoms with E-state index in [2.05, 4.69) is 31.0 Å². The third kappa shape index (κ3) is 6.20. The third-order valence-corrected chi connectivity index (χ3v) is 9.18. The molecule has 0 saturated carbocycles. The van der Waals surface area contributed by atoms with Gasteiger partial charge in [-0.25, -0.2) is 13.2 Å². The van der Waals surface area contributed by atoms with E-state index >= 15 is 0 Å². The highest BCUT2D eigenvalue weighted by molar-refractivity contribution is 7.89. The van der Waals surface area contributed by atoms with Crippen LogP contribution < -0.4 is 15.1 Å². The molecule has 7 nitrogen and oxygen atoms in total. The number of halogens is 1. The standard InChI is InChI=1S/C28H35ClN4O3S/c1-20(2)21(3)8-9-22(4)30-28(34)33-13-12-23-18-26(10-11-27(23)33)37(35,36)32-16-14-31(15-17-32)25-7-5-6-24(29)19-25/h5-11,18-20H,12-17H2,1-4H3,(H,30,34). The summed E-state index contributed by atoms with van der Waals surface area (Å²) in [7, 11) is -3.63. The van der Waals surface area contributed by atoms with E-state index in [-0.39, 0.29) is 10.9 Å². The Hall–Kier alpha value is -2.81. The van der Waals surface area contributed by atoms with Crippen LogP contribution in [0.2, 0.25) is 5.02 Å². The van der Waals surface area contributed by atoms with E-state index in [0.717, 1.165) is 22.6 Å². The average Bonchev–Trinajstić information content (AvgIpc) is 3.31. The Morgan fingerprint density at radius 2 is 1.73 bits per heavy atom. The number of nitrogens with one attached hydrogen (secondary N) is 1. The highest BCUT2D eigenvalue weighted by atomic mass is 35.5. The van der Waals surface area contributed by atoms with Crippen LogP contribution in [0.1, 0.15) is 33.3 Å². The zero-order valence-electron chi connectivity index (χ0n) is 21.9. The number of hydrogen-bond donors (Lipinski definition) is 1. The minimum Gasteiger partial charge on any atom is -0.369 e. The van der Waals surface area contributed by atoms with E-state index < -0.39 is 10.0 Å². The molecule has 2 aliphatic heterocycles. The Labute approximate surface area is 225 Å². The van der Waals surface area contributed by atoms with Gasteiger partial charge in [-0.05, 0) is 74.2 Å². The summed E-state index contributed by atoms with van der Waals surface area (Å²) in [5, 5.41) is 3.60. The van der Waals surface area contributed by atoms with Gasteiger partial charge in [-0.2, -0.15) is 4.31 Å². The van der Waals surface area contributed by atoms with Crippen molar-refractivity contribution in [3.05, 3.63) is 76.5 Å². The van der Waals surface area contributed by atoms with Crippen LogP contribution >= 0.6 is 11.6 Å². The van der Waals surface area contributed by atoms with Gasteiger partial charge in [0.1, 0.15) is 0 Å². The average molecular weight is 543 g/mol. The summed E-state index contributed by atoms with van der Waals surface area (Å²) in [6.45, 7) is 10.7. The second kappa shape index (κ2) is 11.3. The summed E-state index contributed by atoms with van der Waals surface area (Å²) in [5.74, 6) is 0.447. The van der Waals surface area contributed by atoms with Crippen molar-refractivity contribution < 1.29 is 13.2 Å². The van der Waals surface area contributed by atoms with Crippen molar-refractivity contribution in [2.45, 2.75) is 39.0 Å². The van der Waals surface area contributed by atoms with Gasteiger partial charge in [-0.15, -0.1) is 0 Å². The molecule has 1 N–H and O–H groups in total. The Balaban J connectivity index is 1.42. The Kier molecular flexibility index (Phi) is 8.31. The number of carbonyl (C=O) groups is 1. The normalized spacial score (nSPS) is 17.4. The maximum absolute atomic E-state index is 13.4. The number of nitrogens with zero attached hydrogens (tertiary/aromatic N) is 3. The van der Waals surface area contributed by atoms with Gasteiger partial charge >= 0.3 is 6.03 Å². The summed E-state index contributed by atoms with van der Waals surface area (Å²) >= 11 is 6.12. The number of benzene rings is 2. The first-order valence-electron chi connectivity index (χ1n) is 12.6. The van der Waals surface area contributed by atoms with Crippen LogP contribution in [0.25, 0.3) is 0 Å². The van der Waals surface area contributed by atoms with Crippen molar-refractivity contribution in [1.29, 1.82) is 0 Å². The van der Waals surface area contributed by atoms with E-state index in [1.54, 1.807) is 23.1 Å². The lowest BCUT2D eigenvalue weighted by Crippen LogP contribution is -2.48. The lowest BCUT2D eigenvalue weighted by molar-refractivity contribution is 0.249. The summed E-state index contributed by atoms with van der Waals surface area (Å²) in [5.41, 5.74) is 4.61. The molecule has 1 fully saturated rings. The molecule has 9 heteroatoms. The number of piperazine rings is 1. The maximum Gasteiger partial charge on any atom is 0.326 e. The van der Waals surface area contributed by atoms with Crippen LogP contribution in [0.4, 0.5) is 16.2 Å². The number of allylic oxidation sites excluding steroid dienone is 4. The number of fused-ring (bicyclic) bond motifs is 1. The number of anilines is 2. The van der Waals surface area contributed by atoms with Gasteiger partial charge < -0.3 is 10.2 Å². The predicted molar refractivity (Wildman–Crippen MR) is 151 cm³/mol. The molecular weight excluding hydrogens is 508 g/mol. The van der Waals surface area contributed by atoms with Crippen molar-refractivity contribution in [3.8, 4) is 0 Å². The molecule has 0 radical (unpaired) electrons. The predicted octanol–water partition coefficient (Wildman–Crippen LogP) is 5.43. The molecule has 2 amide bonds. The van der Waals surface area contributed by atoms with Crippen molar-refractivity contribution in [2.75, 3.05) is 42.5 Å².